The number of hydrogen-bond acceptors (Lipinski definition) is 3. The first-order chi connectivity index (χ1) is 9.04. The van der Waals surface area contributed by atoms with Crippen molar-refractivity contribution in [2.24, 2.45) is 5.73 Å². The molecule has 0 aromatic heterocycles. The third kappa shape index (κ3) is 4.99. The summed E-state index contributed by atoms with van der Waals surface area (Å²) in [6.45, 7) is 5.17. The van der Waals surface area contributed by atoms with Crippen LogP contribution in [0, 0.1) is 6.92 Å². The van der Waals surface area contributed by atoms with Crippen LogP contribution < -0.4 is 16.4 Å². The lowest BCUT2D eigenvalue weighted by Gasteiger charge is -2.12. The summed E-state index contributed by atoms with van der Waals surface area (Å²) in [4.78, 5) is 22.6. The predicted molar refractivity (Wildman–Crippen MR) is 76.1 cm³/mol. The molecule has 0 unspecified atom stereocenters. The van der Waals surface area contributed by atoms with Gasteiger partial charge in [0.1, 0.15) is 0 Å². The summed E-state index contributed by atoms with van der Waals surface area (Å²) in [5.41, 5.74) is 7.58. The molecular formula is C14H21N3O2. The van der Waals surface area contributed by atoms with Gasteiger partial charge in [-0.15, -0.1) is 0 Å². The Morgan fingerprint density at radius 1 is 1.32 bits per heavy atom. The zero-order valence-corrected chi connectivity index (χ0v) is 11.5. The van der Waals surface area contributed by atoms with Crippen molar-refractivity contribution in [1.29, 1.82) is 0 Å². The van der Waals surface area contributed by atoms with Crippen LogP contribution in [-0.4, -0.2) is 24.9 Å². The van der Waals surface area contributed by atoms with Gasteiger partial charge in [0.15, 0.2) is 0 Å². The Morgan fingerprint density at radius 2 is 2.05 bits per heavy atom. The van der Waals surface area contributed by atoms with Gasteiger partial charge in [-0.05, 0) is 38.0 Å². The van der Waals surface area contributed by atoms with Crippen molar-refractivity contribution < 1.29 is 9.59 Å². The lowest BCUT2D eigenvalue weighted by Crippen LogP contribution is -2.26. The quantitative estimate of drug-likeness (QED) is 0.650. The highest BCUT2D eigenvalue weighted by molar-refractivity contribution is 5.99. The Hall–Kier alpha value is -2.04. The van der Waals surface area contributed by atoms with E-state index in [1.54, 1.807) is 6.07 Å². The van der Waals surface area contributed by atoms with E-state index >= 15 is 0 Å². The van der Waals surface area contributed by atoms with E-state index < -0.39 is 0 Å². The molecule has 0 aliphatic rings. The highest BCUT2D eigenvalue weighted by Crippen LogP contribution is 2.17. The molecule has 1 aromatic rings. The van der Waals surface area contributed by atoms with Crippen molar-refractivity contribution in [3.8, 4) is 0 Å². The molecule has 0 radical (unpaired) electrons. The van der Waals surface area contributed by atoms with E-state index in [2.05, 4.69) is 10.6 Å². The minimum atomic E-state index is -0.349. The molecular weight excluding hydrogens is 242 g/mol. The normalized spacial score (nSPS) is 10.0. The van der Waals surface area contributed by atoms with Crippen LogP contribution in [0.4, 0.5) is 5.69 Å². The number of carbonyl (C=O) groups excluding carboxylic acids is 2. The van der Waals surface area contributed by atoms with Crippen molar-refractivity contribution in [1.82, 2.24) is 5.32 Å². The second-order valence-electron chi connectivity index (χ2n) is 4.41. The van der Waals surface area contributed by atoms with Gasteiger partial charge in [-0.2, -0.15) is 0 Å². The summed E-state index contributed by atoms with van der Waals surface area (Å²) in [5.74, 6) is -0.488. The first-order valence-electron chi connectivity index (χ1n) is 6.45. The fourth-order valence-corrected chi connectivity index (χ4v) is 1.75. The van der Waals surface area contributed by atoms with Crippen molar-refractivity contribution in [2.45, 2.75) is 26.7 Å². The zero-order valence-electron chi connectivity index (χ0n) is 11.5. The second kappa shape index (κ2) is 7.41. The van der Waals surface area contributed by atoms with E-state index in [1.165, 1.54) is 0 Å². The fourth-order valence-electron chi connectivity index (χ4n) is 1.75. The van der Waals surface area contributed by atoms with Crippen molar-refractivity contribution in [2.75, 3.05) is 18.4 Å². The third-order valence-electron chi connectivity index (χ3n) is 2.67. The van der Waals surface area contributed by atoms with Crippen molar-refractivity contribution >= 4 is 17.5 Å². The molecule has 0 aliphatic heterocycles. The van der Waals surface area contributed by atoms with Gasteiger partial charge >= 0.3 is 0 Å². The van der Waals surface area contributed by atoms with Gasteiger partial charge in [0.05, 0.1) is 5.56 Å². The average molecular weight is 263 g/mol. The smallest absolute Gasteiger partial charge is 0.253 e. The molecule has 0 saturated carbocycles. The summed E-state index contributed by atoms with van der Waals surface area (Å²) in [5, 5.41) is 5.96. The zero-order chi connectivity index (χ0) is 14.3. The average Bonchev–Trinajstić information content (AvgIpc) is 2.35. The summed E-state index contributed by atoms with van der Waals surface area (Å²) in [6, 6.07) is 5.65. The molecule has 1 aromatic carbocycles. The Labute approximate surface area is 113 Å². The fraction of sp³-hybridized carbons (Fsp3) is 0.429. The number of nitrogens with two attached hydrogens (primary N) is 1. The number of anilines is 1. The highest BCUT2D eigenvalue weighted by atomic mass is 16.2. The number of rotatable bonds is 7. The van der Waals surface area contributed by atoms with E-state index in [1.807, 2.05) is 26.0 Å². The molecule has 5 nitrogen and oxygen atoms in total. The molecule has 5 heteroatoms. The number of hydrogen-bond donors (Lipinski definition) is 3. The Kier molecular flexibility index (Phi) is 5.85. The summed E-state index contributed by atoms with van der Waals surface area (Å²) < 4.78 is 0. The summed E-state index contributed by atoms with van der Waals surface area (Å²) >= 11 is 0. The first-order valence-corrected chi connectivity index (χ1v) is 6.45. The Morgan fingerprint density at radius 3 is 2.68 bits per heavy atom. The molecule has 0 heterocycles. The van der Waals surface area contributed by atoms with Crippen LogP contribution in [0.1, 0.15) is 35.7 Å². The minimum Gasteiger partial charge on any atom is -0.385 e. The maximum Gasteiger partial charge on any atom is 0.253 e. The van der Waals surface area contributed by atoms with Gasteiger partial charge < -0.3 is 16.4 Å². The molecule has 0 bridgehead atoms. The van der Waals surface area contributed by atoms with Crippen LogP contribution in [0.25, 0.3) is 0 Å². The molecule has 0 saturated heterocycles. The van der Waals surface area contributed by atoms with Crippen LogP contribution in [0.5, 0.6) is 0 Å². The number of aryl methyl sites for hydroxylation is 1. The molecule has 4 N–H and O–H groups in total. The Bertz CT molecular complexity index is 458. The molecule has 2 amide bonds. The molecule has 19 heavy (non-hydrogen) atoms. The van der Waals surface area contributed by atoms with Gasteiger partial charge in [0.2, 0.25) is 5.91 Å². The monoisotopic (exact) mass is 263 g/mol. The Balaban J connectivity index is 2.63. The second-order valence-corrected chi connectivity index (χ2v) is 4.41. The molecule has 0 fully saturated rings. The van der Waals surface area contributed by atoms with Gasteiger partial charge in [-0.25, -0.2) is 0 Å². The maximum atomic E-state index is 12.0. The first kappa shape index (κ1) is 15.0. The van der Waals surface area contributed by atoms with Gasteiger partial charge in [-0.1, -0.05) is 6.07 Å². The third-order valence-corrected chi connectivity index (χ3v) is 2.67. The van der Waals surface area contributed by atoms with E-state index in [4.69, 9.17) is 5.73 Å². The van der Waals surface area contributed by atoms with Gasteiger partial charge in [-0.3, -0.25) is 9.59 Å². The van der Waals surface area contributed by atoms with Crippen molar-refractivity contribution in [3.63, 3.8) is 0 Å². The summed E-state index contributed by atoms with van der Waals surface area (Å²) in [7, 11) is 0. The number of primary amides is 1. The highest BCUT2D eigenvalue weighted by Gasteiger charge is 2.10. The topological polar surface area (TPSA) is 84.2 Å². The van der Waals surface area contributed by atoms with Gasteiger partial charge in [0.25, 0.3) is 5.91 Å². The number of nitrogens with one attached hydrogen (secondary N) is 2. The molecule has 0 spiro atoms. The van der Waals surface area contributed by atoms with Crippen LogP contribution in [0.3, 0.4) is 0 Å². The predicted octanol–water partition coefficient (Wildman–Crippen LogP) is 1.42. The van der Waals surface area contributed by atoms with Crippen LogP contribution in [0.2, 0.25) is 0 Å². The van der Waals surface area contributed by atoms with Crippen LogP contribution in [-0.2, 0) is 4.79 Å². The van der Waals surface area contributed by atoms with Gasteiger partial charge in [0, 0.05) is 25.2 Å². The summed E-state index contributed by atoms with van der Waals surface area (Å²) in [6.07, 6.45) is 0.845. The molecule has 1 rings (SSSR count). The largest absolute Gasteiger partial charge is 0.385 e. The van der Waals surface area contributed by atoms with Crippen LogP contribution in [0.15, 0.2) is 18.2 Å². The minimum absolute atomic E-state index is 0.138. The number of benzene rings is 1. The lowest BCUT2D eigenvalue weighted by atomic mass is 10.1. The number of amides is 2. The maximum absolute atomic E-state index is 12.0. The van der Waals surface area contributed by atoms with Crippen molar-refractivity contribution in [3.05, 3.63) is 29.3 Å². The van der Waals surface area contributed by atoms with Crippen LogP contribution >= 0.6 is 0 Å². The van der Waals surface area contributed by atoms with E-state index in [0.717, 1.165) is 17.8 Å². The number of carbonyl (C=O) groups is 2. The molecule has 0 aliphatic carbocycles. The van der Waals surface area contributed by atoms with E-state index in [0.29, 0.717) is 18.5 Å². The van der Waals surface area contributed by atoms with E-state index in [-0.39, 0.29) is 18.2 Å². The standard InChI is InChI=1S/C14H21N3O2/c1-3-16-12-9-10(2)6-7-11(12)14(19)17-8-4-5-13(15)18/h6-7,9,16H,3-5,8H2,1-2H3,(H2,15,18)(H,17,19). The molecule has 0 atom stereocenters. The molecule has 104 valence electrons. The van der Waals surface area contributed by atoms with E-state index in [9.17, 15) is 9.59 Å². The SMILES string of the molecule is CCNc1cc(C)ccc1C(=O)NCCCC(N)=O. The lowest BCUT2D eigenvalue weighted by molar-refractivity contribution is -0.118.